The van der Waals surface area contributed by atoms with Crippen molar-refractivity contribution in [3.05, 3.63) is 0 Å². The Bertz CT molecular complexity index is 436. The van der Waals surface area contributed by atoms with Crippen LogP contribution in [0.2, 0.25) is 0 Å². The standard InChI is InChI=1S/C14H24FN3O4/c1-14(2,15)7-9(16)12(20)18-10(13(21)22-3)6-8-4-5-17-11(8)19/h8-10H,4-7,16H2,1-3H3,(H,17,19)(H,18,20)/t8-,9-,10-/m0/s1. The number of methoxy groups -OCH3 is 1. The van der Waals surface area contributed by atoms with Gasteiger partial charge in [0.1, 0.15) is 11.7 Å². The molecule has 1 saturated heterocycles. The number of hydrogen-bond donors (Lipinski definition) is 3. The van der Waals surface area contributed by atoms with Crippen LogP contribution in [0, 0.1) is 5.92 Å². The van der Waals surface area contributed by atoms with E-state index < -0.39 is 29.6 Å². The van der Waals surface area contributed by atoms with E-state index in [-0.39, 0.29) is 24.7 Å². The van der Waals surface area contributed by atoms with E-state index in [4.69, 9.17) is 5.73 Å². The lowest BCUT2D eigenvalue weighted by Crippen LogP contribution is -2.51. The second kappa shape index (κ2) is 7.53. The summed E-state index contributed by atoms with van der Waals surface area (Å²) < 4.78 is 18.2. The zero-order valence-electron chi connectivity index (χ0n) is 13.1. The van der Waals surface area contributed by atoms with E-state index in [1.54, 1.807) is 0 Å². The first-order chi connectivity index (χ1) is 10.1. The predicted octanol–water partition coefficient (Wildman–Crippen LogP) is -0.364. The molecule has 1 fully saturated rings. The second-order valence-electron chi connectivity index (χ2n) is 6.13. The minimum atomic E-state index is -1.59. The second-order valence-corrected chi connectivity index (χ2v) is 6.13. The first-order valence-electron chi connectivity index (χ1n) is 7.24. The Hall–Kier alpha value is -1.70. The first kappa shape index (κ1) is 18.3. The number of amides is 2. The minimum absolute atomic E-state index is 0.135. The maximum absolute atomic E-state index is 13.5. The highest BCUT2D eigenvalue weighted by atomic mass is 19.1. The molecule has 0 spiro atoms. The highest BCUT2D eigenvalue weighted by Gasteiger charge is 2.33. The van der Waals surface area contributed by atoms with Crippen LogP contribution in [0.25, 0.3) is 0 Å². The van der Waals surface area contributed by atoms with Crippen molar-refractivity contribution in [1.82, 2.24) is 10.6 Å². The van der Waals surface area contributed by atoms with E-state index in [0.717, 1.165) is 0 Å². The van der Waals surface area contributed by atoms with Crippen LogP contribution < -0.4 is 16.4 Å². The number of nitrogens with two attached hydrogens (primary N) is 1. The van der Waals surface area contributed by atoms with Gasteiger partial charge in [0.25, 0.3) is 0 Å². The molecule has 22 heavy (non-hydrogen) atoms. The van der Waals surface area contributed by atoms with Gasteiger partial charge >= 0.3 is 5.97 Å². The molecule has 0 bridgehead atoms. The van der Waals surface area contributed by atoms with Crippen molar-refractivity contribution >= 4 is 17.8 Å². The molecule has 126 valence electrons. The molecule has 8 heteroatoms. The fourth-order valence-electron chi connectivity index (χ4n) is 2.41. The molecule has 1 aliphatic heterocycles. The number of alkyl halides is 1. The highest BCUT2D eigenvalue weighted by Crippen LogP contribution is 2.18. The van der Waals surface area contributed by atoms with E-state index in [9.17, 15) is 18.8 Å². The summed E-state index contributed by atoms with van der Waals surface area (Å²) in [5, 5.41) is 5.11. The van der Waals surface area contributed by atoms with E-state index in [2.05, 4.69) is 15.4 Å². The molecule has 4 N–H and O–H groups in total. The van der Waals surface area contributed by atoms with Gasteiger partial charge in [-0.3, -0.25) is 9.59 Å². The van der Waals surface area contributed by atoms with Crippen molar-refractivity contribution in [3.63, 3.8) is 0 Å². The Morgan fingerprint density at radius 1 is 1.55 bits per heavy atom. The van der Waals surface area contributed by atoms with Crippen molar-refractivity contribution in [1.29, 1.82) is 0 Å². The third kappa shape index (κ3) is 5.59. The summed E-state index contributed by atoms with van der Waals surface area (Å²) >= 11 is 0. The summed E-state index contributed by atoms with van der Waals surface area (Å²) in [4.78, 5) is 35.3. The minimum Gasteiger partial charge on any atom is -0.467 e. The van der Waals surface area contributed by atoms with Crippen LogP contribution in [0.15, 0.2) is 0 Å². The van der Waals surface area contributed by atoms with Crippen LogP contribution >= 0.6 is 0 Å². The fraction of sp³-hybridized carbons (Fsp3) is 0.786. The molecule has 1 heterocycles. The Balaban J connectivity index is 2.66. The van der Waals surface area contributed by atoms with Crippen molar-refractivity contribution in [2.75, 3.05) is 13.7 Å². The molecule has 3 atom stereocenters. The smallest absolute Gasteiger partial charge is 0.328 e. The molecular weight excluding hydrogens is 293 g/mol. The Labute approximate surface area is 129 Å². The SMILES string of the molecule is COC(=O)[C@H](C[C@@H]1CCNC1=O)NC(=O)[C@@H](N)CC(C)(C)F. The molecule has 0 radical (unpaired) electrons. The largest absolute Gasteiger partial charge is 0.467 e. The molecule has 7 nitrogen and oxygen atoms in total. The van der Waals surface area contributed by atoms with Crippen molar-refractivity contribution in [3.8, 4) is 0 Å². The summed E-state index contributed by atoms with van der Waals surface area (Å²) in [6.45, 7) is 3.18. The van der Waals surface area contributed by atoms with E-state index >= 15 is 0 Å². The van der Waals surface area contributed by atoms with Gasteiger partial charge in [0.2, 0.25) is 11.8 Å². The van der Waals surface area contributed by atoms with E-state index in [0.29, 0.717) is 13.0 Å². The van der Waals surface area contributed by atoms with Gasteiger partial charge in [0.05, 0.1) is 13.2 Å². The van der Waals surface area contributed by atoms with Gasteiger partial charge in [-0.05, 0) is 26.7 Å². The highest BCUT2D eigenvalue weighted by molar-refractivity contribution is 5.88. The third-order valence-corrected chi connectivity index (χ3v) is 3.53. The molecule has 0 aromatic carbocycles. The summed E-state index contributed by atoms with van der Waals surface area (Å²) in [6.07, 6.45) is 0.554. The van der Waals surface area contributed by atoms with Gasteiger partial charge in [-0.1, -0.05) is 0 Å². The van der Waals surface area contributed by atoms with Crippen LogP contribution in [0.1, 0.15) is 33.1 Å². The molecule has 0 aromatic heterocycles. The zero-order valence-corrected chi connectivity index (χ0v) is 13.1. The van der Waals surface area contributed by atoms with Gasteiger partial charge in [-0.2, -0.15) is 0 Å². The molecule has 2 amide bonds. The Morgan fingerprint density at radius 3 is 2.64 bits per heavy atom. The van der Waals surface area contributed by atoms with Crippen LogP contribution in [-0.2, 0) is 19.1 Å². The summed E-state index contributed by atoms with van der Waals surface area (Å²) in [6, 6.07) is -2.05. The lowest BCUT2D eigenvalue weighted by Gasteiger charge is -2.23. The zero-order chi connectivity index (χ0) is 16.9. The number of hydrogen-bond acceptors (Lipinski definition) is 5. The van der Waals surface area contributed by atoms with Crippen LogP contribution in [0.4, 0.5) is 4.39 Å². The molecular formula is C14H24FN3O4. The number of carbonyl (C=O) groups excluding carboxylic acids is 3. The monoisotopic (exact) mass is 317 g/mol. The normalized spacial score (nSPS) is 21.0. The van der Waals surface area contributed by atoms with Gasteiger partial charge in [-0.15, -0.1) is 0 Å². The molecule has 0 saturated carbocycles. The van der Waals surface area contributed by atoms with Crippen molar-refractivity contribution in [2.24, 2.45) is 11.7 Å². The summed E-state index contributed by atoms with van der Waals surface area (Å²) in [5.74, 6) is -1.81. The topological polar surface area (TPSA) is 111 Å². The number of carbonyl (C=O) groups is 3. The number of esters is 1. The fourth-order valence-corrected chi connectivity index (χ4v) is 2.41. The average Bonchev–Trinajstić information content (AvgIpc) is 2.80. The lowest BCUT2D eigenvalue weighted by atomic mass is 9.97. The maximum atomic E-state index is 13.5. The molecule has 1 rings (SSSR count). The van der Waals surface area contributed by atoms with Gasteiger partial charge in [0, 0.05) is 18.9 Å². The van der Waals surface area contributed by atoms with Crippen LogP contribution in [0.3, 0.4) is 0 Å². The van der Waals surface area contributed by atoms with E-state index in [1.165, 1.54) is 21.0 Å². The molecule has 0 aliphatic carbocycles. The Morgan fingerprint density at radius 2 is 2.18 bits per heavy atom. The van der Waals surface area contributed by atoms with Crippen LogP contribution in [-0.4, -0.2) is 49.2 Å². The number of rotatable bonds is 7. The average molecular weight is 317 g/mol. The summed E-state index contributed by atoms with van der Waals surface area (Å²) in [5.41, 5.74) is 4.05. The molecule has 0 unspecified atom stereocenters. The van der Waals surface area contributed by atoms with Crippen molar-refractivity contribution in [2.45, 2.75) is 50.9 Å². The Kier molecular flexibility index (Phi) is 6.28. The molecule has 0 aromatic rings. The van der Waals surface area contributed by atoms with Gasteiger partial charge < -0.3 is 21.1 Å². The summed E-state index contributed by atoms with van der Waals surface area (Å²) in [7, 11) is 1.20. The van der Waals surface area contributed by atoms with Gasteiger partial charge in [-0.25, -0.2) is 9.18 Å². The van der Waals surface area contributed by atoms with E-state index in [1.807, 2.05) is 0 Å². The van der Waals surface area contributed by atoms with Crippen molar-refractivity contribution < 1.29 is 23.5 Å². The lowest BCUT2D eigenvalue weighted by molar-refractivity contribution is -0.146. The molecule has 1 aliphatic rings. The predicted molar refractivity (Wildman–Crippen MR) is 77.5 cm³/mol. The number of ether oxygens (including phenoxy) is 1. The van der Waals surface area contributed by atoms with Gasteiger partial charge in [0.15, 0.2) is 0 Å². The number of halogens is 1. The maximum Gasteiger partial charge on any atom is 0.328 e. The van der Waals surface area contributed by atoms with Crippen LogP contribution in [0.5, 0.6) is 0 Å². The number of nitrogens with one attached hydrogen (secondary N) is 2. The quantitative estimate of drug-likeness (QED) is 0.555. The first-order valence-corrected chi connectivity index (χ1v) is 7.24. The third-order valence-electron chi connectivity index (χ3n) is 3.53.